The first-order chi connectivity index (χ1) is 14.2. The third kappa shape index (κ3) is 4.62. The first-order valence-electron chi connectivity index (χ1n) is 9.84. The number of benzene rings is 2. The molecular formula is C21H25N3O5S. The van der Waals surface area contributed by atoms with Crippen LogP contribution in [-0.4, -0.2) is 31.5 Å². The lowest BCUT2D eigenvalue weighted by Crippen LogP contribution is -2.50. The van der Waals surface area contributed by atoms with Crippen molar-refractivity contribution >= 4 is 27.3 Å². The van der Waals surface area contributed by atoms with E-state index in [1.807, 2.05) is 24.3 Å². The van der Waals surface area contributed by atoms with Crippen LogP contribution in [0.5, 0.6) is 0 Å². The number of fused-ring (bicyclic) bond motifs is 1. The number of hydrogen-bond donors (Lipinski definition) is 1. The van der Waals surface area contributed by atoms with E-state index in [9.17, 15) is 23.3 Å². The van der Waals surface area contributed by atoms with Crippen molar-refractivity contribution in [1.82, 2.24) is 5.32 Å². The molecular weight excluding hydrogens is 406 g/mol. The van der Waals surface area contributed by atoms with Crippen molar-refractivity contribution in [3.63, 3.8) is 0 Å². The van der Waals surface area contributed by atoms with Gasteiger partial charge in [0.1, 0.15) is 6.04 Å². The van der Waals surface area contributed by atoms with Crippen molar-refractivity contribution < 1.29 is 18.1 Å². The van der Waals surface area contributed by atoms with E-state index in [0.717, 1.165) is 35.4 Å². The molecule has 3 rings (SSSR count). The molecule has 9 heteroatoms. The van der Waals surface area contributed by atoms with Crippen molar-refractivity contribution in [2.75, 3.05) is 10.6 Å². The van der Waals surface area contributed by atoms with Gasteiger partial charge in [0.25, 0.3) is 5.69 Å². The van der Waals surface area contributed by atoms with E-state index in [2.05, 4.69) is 5.32 Å². The summed E-state index contributed by atoms with van der Waals surface area (Å²) in [6, 6.07) is 12.0. The van der Waals surface area contributed by atoms with Gasteiger partial charge in [-0.3, -0.25) is 19.2 Å². The number of nitro benzene ring substituents is 1. The minimum absolute atomic E-state index is 0.0951. The molecule has 2 atom stereocenters. The molecule has 0 saturated carbocycles. The largest absolute Gasteiger partial charge is 0.347 e. The standard InChI is InChI=1S/C21H25N3O5S/c1-3-20(21(25)22-19-13-6-9-15-8-4-5-12-18(15)19)23(30(2,28)29)16-10-7-11-17(14-16)24(26)27/h4-5,7-8,10-12,14,19-20H,3,6,9,13H2,1-2H3,(H,22,25)/t19-,20+/m1/s1. The molecule has 1 N–H and O–H groups in total. The van der Waals surface area contributed by atoms with Gasteiger partial charge in [-0.2, -0.15) is 0 Å². The summed E-state index contributed by atoms with van der Waals surface area (Å²) >= 11 is 0. The van der Waals surface area contributed by atoms with E-state index in [1.165, 1.54) is 29.8 Å². The maximum Gasteiger partial charge on any atom is 0.271 e. The summed E-state index contributed by atoms with van der Waals surface area (Å²) in [5, 5.41) is 14.1. The van der Waals surface area contributed by atoms with Gasteiger partial charge < -0.3 is 5.32 Å². The molecule has 160 valence electrons. The Morgan fingerprint density at radius 1 is 1.27 bits per heavy atom. The minimum Gasteiger partial charge on any atom is -0.347 e. The highest BCUT2D eigenvalue weighted by Gasteiger charge is 2.34. The van der Waals surface area contributed by atoms with Gasteiger partial charge in [0.15, 0.2) is 0 Å². The molecule has 0 unspecified atom stereocenters. The van der Waals surface area contributed by atoms with Crippen LogP contribution in [0.1, 0.15) is 43.4 Å². The number of non-ortho nitro benzene ring substituents is 1. The SMILES string of the molecule is CC[C@@H](C(=O)N[C@@H]1CCCc2ccccc21)N(c1cccc([N+](=O)[O-])c1)S(C)(=O)=O. The lowest BCUT2D eigenvalue weighted by Gasteiger charge is -2.33. The van der Waals surface area contributed by atoms with Gasteiger partial charge in [-0.1, -0.05) is 37.3 Å². The first kappa shape index (κ1) is 21.8. The molecule has 1 amide bonds. The van der Waals surface area contributed by atoms with E-state index < -0.39 is 26.9 Å². The first-order valence-corrected chi connectivity index (χ1v) is 11.7. The zero-order chi connectivity index (χ0) is 21.9. The monoisotopic (exact) mass is 431 g/mol. The fraction of sp³-hybridized carbons (Fsp3) is 0.381. The number of anilines is 1. The molecule has 0 spiro atoms. The highest BCUT2D eigenvalue weighted by Crippen LogP contribution is 2.31. The summed E-state index contributed by atoms with van der Waals surface area (Å²) in [6.07, 6.45) is 3.87. The number of hydrogen-bond acceptors (Lipinski definition) is 5. The third-order valence-corrected chi connectivity index (χ3v) is 6.49. The average Bonchev–Trinajstić information content (AvgIpc) is 2.71. The second-order valence-corrected chi connectivity index (χ2v) is 9.27. The van der Waals surface area contributed by atoms with E-state index >= 15 is 0 Å². The Balaban J connectivity index is 1.92. The molecule has 2 aromatic carbocycles. The van der Waals surface area contributed by atoms with Crippen LogP contribution in [0, 0.1) is 10.1 Å². The molecule has 0 aromatic heterocycles. The van der Waals surface area contributed by atoms with Crippen LogP contribution >= 0.6 is 0 Å². The van der Waals surface area contributed by atoms with Crippen molar-refractivity contribution in [3.8, 4) is 0 Å². The Morgan fingerprint density at radius 2 is 2.00 bits per heavy atom. The van der Waals surface area contributed by atoms with Crippen LogP contribution in [0.15, 0.2) is 48.5 Å². The molecule has 30 heavy (non-hydrogen) atoms. The quantitative estimate of drug-likeness (QED) is 0.534. The molecule has 0 bridgehead atoms. The van der Waals surface area contributed by atoms with Crippen molar-refractivity contribution in [1.29, 1.82) is 0 Å². The Morgan fingerprint density at radius 3 is 2.67 bits per heavy atom. The molecule has 1 aliphatic carbocycles. The maximum atomic E-state index is 13.2. The smallest absolute Gasteiger partial charge is 0.271 e. The van der Waals surface area contributed by atoms with Crippen LogP contribution in [0.3, 0.4) is 0 Å². The third-order valence-electron chi connectivity index (χ3n) is 5.31. The van der Waals surface area contributed by atoms with Crippen LogP contribution in [0.2, 0.25) is 0 Å². The van der Waals surface area contributed by atoms with Gasteiger partial charge in [0, 0.05) is 12.1 Å². The number of amides is 1. The summed E-state index contributed by atoms with van der Waals surface area (Å²) in [5.74, 6) is -0.420. The lowest BCUT2D eigenvalue weighted by molar-refractivity contribution is -0.384. The van der Waals surface area contributed by atoms with Crippen molar-refractivity contribution in [3.05, 3.63) is 69.8 Å². The summed E-state index contributed by atoms with van der Waals surface area (Å²) < 4.78 is 26.1. The second kappa shape index (κ2) is 8.83. The van der Waals surface area contributed by atoms with Gasteiger partial charge in [-0.05, 0) is 42.9 Å². The predicted octanol–water partition coefficient (Wildman–Crippen LogP) is 3.33. The van der Waals surface area contributed by atoms with Crippen molar-refractivity contribution in [2.45, 2.75) is 44.7 Å². The molecule has 8 nitrogen and oxygen atoms in total. The fourth-order valence-corrected chi connectivity index (χ4v) is 5.18. The maximum absolute atomic E-state index is 13.2. The van der Waals surface area contributed by atoms with E-state index in [-0.39, 0.29) is 23.8 Å². The van der Waals surface area contributed by atoms with Gasteiger partial charge in [-0.25, -0.2) is 8.42 Å². The van der Waals surface area contributed by atoms with Crippen LogP contribution in [-0.2, 0) is 21.2 Å². The number of rotatable bonds is 7. The topological polar surface area (TPSA) is 110 Å². The van der Waals surface area contributed by atoms with Gasteiger partial charge in [-0.15, -0.1) is 0 Å². The molecule has 0 radical (unpaired) electrons. The summed E-state index contributed by atoms with van der Waals surface area (Å²) in [4.78, 5) is 23.7. The average molecular weight is 432 g/mol. The van der Waals surface area contributed by atoms with Crippen LogP contribution in [0.4, 0.5) is 11.4 Å². The molecule has 2 aromatic rings. The molecule has 0 fully saturated rings. The number of nitrogens with one attached hydrogen (secondary N) is 1. The van der Waals surface area contributed by atoms with Gasteiger partial charge in [0.2, 0.25) is 15.9 Å². The Labute approximate surface area is 176 Å². The van der Waals surface area contributed by atoms with E-state index in [1.54, 1.807) is 6.92 Å². The van der Waals surface area contributed by atoms with Crippen LogP contribution < -0.4 is 9.62 Å². The number of aryl methyl sites for hydroxylation is 1. The van der Waals surface area contributed by atoms with Crippen molar-refractivity contribution in [2.24, 2.45) is 0 Å². The number of sulfonamides is 1. The molecule has 0 heterocycles. The summed E-state index contributed by atoms with van der Waals surface area (Å²) in [6.45, 7) is 1.72. The summed E-state index contributed by atoms with van der Waals surface area (Å²) in [5.41, 5.74) is 2.09. The number of carbonyl (C=O) groups is 1. The highest BCUT2D eigenvalue weighted by molar-refractivity contribution is 7.92. The van der Waals surface area contributed by atoms with E-state index in [0.29, 0.717) is 0 Å². The molecule has 1 aliphatic rings. The molecule has 0 aliphatic heterocycles. The normalized spacial score (nSPS) is 16.9. The van der Waals surface area contributed by atoms with Gasteiger partial charge >= 0.3 is 0 Å². The summed E-state index contributed by atoms with van der Waals surface area (Å²) in [7, 11) is -3.87. The predicted molar refractivity (Wildman–Crippen MR) is 115 cm³/mol. The number of carbonyl (C=O) groups excluding carboxylic acids is 1. The number of nitrogens with zero attached hydrogens (tertiary/aromatic N) is 2. The minimum atomic E-state index is -3.87. The zero-order valence-electron chi connectivity index (χ0n) is 16.9. The Kier molecular flexibility index (Phi) is 6.40. The van der Waals surface area contributed by atoms with Gasteiger partial charge in [0.05, 0.1) is 22.9 Å². The number of nitro groups is 1. The Hall–Kier alpha value is -2.94. The fourth-order valence-electron chi connectivity index (χ4n) is 3.98. The highest BCUT2D eigenvalue weighted by atomic mass is 32.2. The molecule has 0 saturated heterocycles. The second-order valence-electron chi connectivity index (χ2n) is 7.41. The zero-order valence-corrected chi connectivity index (χ0v) is 17.8. The van der Waals surface area contributed by atoms with Crippen LogP contribution in [0.25, 0.3) is 0 Å². The lowest BCUT2D eigenvalue weighted by atomic mass is 9.87. The van der Waals surface area contributed by atoms with E-state index in [4.69, 9.17) is 0 Å². The Bertz CT molecular complexity index is 1050.